The van der Waals surface area contributed by atoms with Crippen molar-refractivity contribution in [2.75, 3.05) is 20.1 Å². The Balaban J connectivity index is 1.99. The van der Waals surface area contributed by atoms with E-state index in [9.17, 15) is 4.79 Å². The molecule has 1 fully saturated rings. The molecule has 0 radical (unpaired) electrons. The van der Waals surface area contributed by atoms with E-state index in [1.807, 2.05) is 37.1 Å². The van der Waals surface area contributed by atoms with E-state index in [4.69, 9.17) is 4.74 Å². The fraction of sp³-hybridized carbons (Fsp3) is 0.562. The van der Waals surface area contributed by atoms with Crippen LogP contribution in [-0.4, -0.2) is 37.0 Å². The predicted molar refractivity (Wildman–Crippen MR) is 87.4 cm³/mol. The first-order valence-corrected chi connectivity index (χ1v) is 8.29. The van der Waals surface area contributed by atoms with Gasteiger partial charge in [-0.25, -0.2) is 0 Å². The standard InChI is InChI=1S/C16H23BrN2O2/c1-12(16(20)19-8-4-3-5-9-19)21-14-6-7-15(17)13(10-14)11-18-2/h6-7,10,12,18H,3-5,8-9,11H2,1-2H3. The van der Waals surface area contributed by atoms with E-state index in [2.05, 4.69) is 21.2 Å². The second-order valence-corrected chi connectivity index (χ2v) is 6.28. The highest BCUT2D eigenvalue weighted by Crippen LogP contribution is 2.23. The molecule has 1 aliphatic rings. The predicted octanol–water partition coefficient (Wildman–Crippen LogP) is 2.95. The molecule has 1 saturated heterocycles. The molecule has 1 atom stereocenters. The van der Waals surface area contributed by atoms with Gasteiger partial charge in [0.2, 0.25) is 0 Å². The Kier molecular flexibility index (Phi) is 6.06. The van der Waals surface area contributed by atoms with Gasteiger partial charge < -0.3 is 15.0 Å². The van der Waals surface area contributed by atoms with Crippen LogP contribution in [0, 0.1) is 0 Å². The van der Waals surface area contributed by atoms with Crippen LogP contribution in [0.5, 0.6) is 5.75 Å². The summed E-state index contributed by atoms with van der Waals surface area (Å²) in [5.41, 5.74) is 1.12. The van der Waals surface area contributed by atoms with Crippen molar-refractivity contribution in [2.45, 2.75) is 38.8 Å². The lowest BCUT2D eigenvalue weighted by Crippen LogP contribution is -2.43. The van der Waals surface area contributed by atoms with Gasteiger partial charge in [0.15, 0.2) is 6.10 Å². The fourth-order valence-corrected chi connectivity index (χ4v) is 2.96. The van der Waals surface area contributed by atoms with Crippen molar-refractivity contribution in [3.05, 3.63) is 28.2 Å². The third-order valence-electron chi connectivity index (χ3n) is 3.71. The molecular weight excluding hydrogens is 332 g/mol. The molecule has 0 spiro atoms. The number of carbonyl (C=O) groups excluding carboxylic acids is 1. The maximum Gasteiger partial charge on any atom is 0.263 e. The Morgan fingerprint density at radius 3 is 2.76 bits per heavy atom. The van der Waals surface area contributed by atoms with Crippen LogP contribution in [0.3, 0.4) is 0 Å². The van der Waals surface area contributed by atoms with E-state index in [1.54, 1.807) is 0 Å². The zero-order valence-electron chi connectivity index (χ0n) is 12.7. The molecule has 0 aliphatic carbocycles. The number of halogens is 1. The third-order valence-corrected chi connectivity index (χ3v) is 4.49. The van der Waals surface area contributed by atoms with Crippen molar-refractivity contribution in [1.29, 1.82) is 0 Å². The molecule has 1 aromatic carbocycles. The maximum atomic E-state index is 12.4. The molecule has 1 heterocycles. The van der Waals surface area contributed by atoms with Gasteiger partial charge in [-0.05, 0) is 57.0 Å². The molecule has 1 aliphatic heterocycles. The molecule has 0 aromatic heterocycles. The van der Waals surface area contributed by atoms with Gasteiger partial charge >= 0.3 is 0 Å². The summed E-state index contributed by atoms with van der Waals surface area (Å²) in [6, 6.07) is 5.82. The van der Waals surface area contributed by atoms with Crippen molar-refractivity contribution in [3.63, 3.8) is 0 Å². The van der Waals surface area contributed by atoms with Gasteiger partial charge in [-0.15, -0.1) is 0 Å². The Labute approximate surface area is 135 Å². The summed E-state index contributed by atoms with van der Waals surface area (Å²) >= 11 is 3.52. The van der Waals surface area contributed by atoms with Crippen LogP contribution in [0.4, 0.5) is 0 Å². The number of hydrogen-bond acceptors (Lipinski definition) is 3. The van der Waals surface area contributed by atoms with Crippen molar-refractivity contribution >= 4 is 21.8 Å². The van der Waals surface area contributed by atoms with Crippen LogP contribution in [-0.2, 0) is 11.3 Å². The number of ether oxygens (including phenoxy) is 1. The second-order valence-electron chi connectivity index (χ2n) is 5.43. The summed E-state index contributed by atoms with van der Waals surface area (Å²) in [5, 5.41) is 3.12. The number of amides is 1. The summed E-state index contributed by atoms with van der Waals surface area (Å²) in [6.45, 7) is 4.30. The average molecular weight is 355 g/mol. The summed E-state index contributed by atoms with van der Waals surface area (Å²) < 4.78 is 6.87. The zero-order chi connectivity index (χ0) is 15.2. The highest BCUT2D eigenvalue weighted by molar-refractivity contribution is 9.10. The van der Waals surface area contributed by atoms with E-state index >= 15 is 0 Å². The summed E-state index contributed by atoms with van der Waals surface area (Å²) in [4.78, 5) is 14.3. The average Bonchev–Trinajstić information content (AvgIpc) is 2.51. The van der Waals surface area contributed by atoms with Crippen LogP contribution in [0.15, 0.2) is 22.7 Å². The van der Waals surface area contributed by atoms with Crippen molar-refractivity contribution < 1.29 is 9.53 Å². The van der Waals surface area contributed by atoms with Crippen molar-refractivity contribution in [1.82, 2.24) is 10.2 Å². The monoisotopic (exact) mass is 354 g/mol. The quantitative estimate of drug-likeness (QED) is 0.883. The summed E-state index contributed by atoms with van der Waals surface area (Å²) in [6.07, 6.45) is 2.98. The molecule has 2 rings (SSSR count). The lowest BCUT2D eigenvalue weighted by molar-refractivity contribution is -0.138. The lowest BCUT2D eigenvalue weighted by Gasteiger charge is -2.29. The molecule has 1 unspecified atom stereocenters. The first-order chi connectivity index (χ1) is 10.1. The van der Waals surface area contributed by atoms with Gasteiger partial charge in [-0.2, -0.15) is 0 Å². The van der Waals surface area contributed by atoms with Gasteiger partial charge in [0, 0.05) is 24.1 Å². The second kappa shape index (κ2) is 7.80. The molecule has 1 amide bonds. The number of hydrogen-bond donors (Lipinski definition) is 1. The molecule has 0 saturated carbocycles. The molecular formula is C16H23BrN2O2. The number of carbonyl (C=O) groups is 1. The van der Waals surface area contributed by atoms with Crippen molar-refractivity contribution in [3.8, 4) is 5.75 Å². The molecule has 5 heteroatoms. The van der Waals surface area contributed by atoms with Gasteiger partial charge in [0.25, 0.3) is 5.91 Å². The van der Waals surface area contributed by atoms with Crippen molar-refractivity contribution in [2.24, 2.45) is 0 Å². The molecule has 116 valence electrons. The van der Waals surface area contributed by atoms with Gasteiger partial charge in [-0.1, -0.05) is 15.9 Å². The summed E-state index contributed by atoms with van der Waals surface area (Å²) in [5.74, 6) is 0.828. The van der Waals surface area contributed by atoms with Crippen LogP contribution >= 0.6 is 15.9 Å². The van der Waals surface area contributed by atoms with Crippen LogP contribution in [0.1, 0.15) is 31.7 Å². The molecule has 21 heavy (non-hydrogen) atoms. The van der Waals surface area contributed by atoms with Gasteiger partial charge in [0.05, 0.1) is 0 Å². The topological polar surface area (TPSA) is 41.6 Å². The number of likely N-dealkylation sites (tertiary alicyclic amines) is 1. The number of piperidine rings is 1. The highest BCUT2D eigenvalue weighted by atomic mass is 79.9. The van der Waals surface area contributed by atoms with E-state index in [1.165, 1.54) is 6.42 Å². The normalized spacial score (nSPS) is 16.6. The van der Waals surface area contributed by atoms with E-state index in [-0.39, 0.29) is 5.91 Å². The summed E-state index contributed by atoms with van der Waals surface area (Å²) in [7, 11) is 1.91. The minimum atomic E-state index is -0.438. The third kappa shape index (κ3) is 4.45. The Morgan fingerprint density at radius 1 is 1.38 bits per heavy atom. The Hall–Kier alpha value is -1.07. The van der Waals surface area contributed by atoms with E-state index in [0.29, 0.717) is 0 Å². The number of nitrogens with zero attached hydrogens (tertiary/aromatic N) is 1. The fourth-order valence-electron chi connectivity index (χ4n) is 2.58. The SMILES string of the molecule is CNCc1cc(OC(C)C(=O)N2CCCCC2)ccc1Br. The maximum absolute atomic E-state index is 12.4. The number of nitrogens with one attached hydrogen (secondary N) is 1. The Bertz CT molecular complexity index is 487. The lowest BCUT2D eigenvalue weighted by atomic mass is 10.1. The van der Waals surface area contributed by atoms with E-state index < -0.39 is 6.10 Å². The van der Waals surface area contributed by atoms with Crippen LogP contribution < -0.4 is 10.1 Å². The zero-order valence-corrected chi connectivity index (χ0v) is 14.3. The minimum absolute atomic E-state index is 0.0905. The minimum Gasteiger partial charge on any atom is -0.481 e. The molecule has 4 nitrogen and oxygen atoms in total. The van der Waals surface area contributed by atoms with Gasteiger partial charge in [0.1, 0.15) is 5.75 Å². The first kappa shape index (κ1) is 16.3. The first-order valence-electron chi connectivity index (χ1n) is 7.50. The van der Waals surface area contributed by atoms with Gasteiger partial charge in [-0.3, -0.25) is 4.79 Å². The largest absolute Gasteiger partial charge is 0.481 e. The van der Waals surface area contributed by atoms with Crippen LogP contribution in [0.25, 0.3) is 0 Å². The molecule has 0 bridgehead atoms. The number of benzene rings is 1. The number of rotatable bonds is 5. The Morgan fingerprint density at radius 2 is 2.10 bits per heavy atom. The highest BCUT2D eigenvalue weighted by Gasteiger charge is 2.23. The molecule has 1 N–H and O–H groups in total. The molecule has 1 aromatic rings. The smallest absolute Gasteiger partial charge is 0.263 e. The van der Waals surface area contributed by atoms with E-state index in [0.717, 1.165) is 48.3 Å². The van der Waals surface area contributed by atoms with Crippen LogP contribution in [0.2, 0.25) is 0 Å².